The normalized spacial score (nSPS) is 12.3. The van der Waals surface area contributed by atoms with Crippen LogP contribution in [0.5, 0.6) is 0 Å². The maximum Gasteiger partial charge on any atom is 0.262 e. The van der Waals surface area contributed by atoms with Gasteiger partial charge in [0.1, 0.15) is 4.90 Å². The summed E-state index contributed by atoms with van der Waals surface area (Å²) in [5.41, 5.74) is 1.21. The highest BCUT2D eigenvalue weighted by atomic mass is 32.2. The van der Waals surface area contributed by atoms with Gasteiger partial charge in [0, 0.05) is 19.8 Å². The molecule has 2 aromatic rings. The first-order chi connectivity index (χ1) is 12.8. The lowest BCUT2D eigenvalue weighted by atomic mass is 10.1. The molecule has 1 aromatic carbocycles. The Labute approximate surface area is 160 Å². The molecule has 144 valence electrons. The Morgan fingerprint density at radius 2 is 2.04 bits per heavy atom. The molecule has 27 heavy (non-hydrogen) atoms. The van der Waals surface area contributed by atoms with Gasteiger partial charge in [-0.1, -0.05) is 19.1 Å². The molecule has 7 nitrogen and oxygen atoms in total. The van der Waals surface area contributed by atoms with E-state index in [-0.39, 0.29) is 22.3 Å². The third kappa shape index (κ3) is 5.13. The zero-order valence-corrected chi connectivity index (χ0v) is 16.5. The minimum Gasteiger partial charge on any atom is -0.342 e. The predicted octanol–water partition coefficient (Wildman–Crippen LogP) is 2.94. The molecule has 0 fully saturated rings. The number of hydrogen-bond donors (Lipinski definition) is 2. The fourth-order valence-corrected chi connectivity index (χ4v) is 3.75. The van der Waals surface area contributed by atoms with Gasteiger partial charge < -0.3 is 10.3 Å². The molecule has 0 bridgehead atoms. The van der Waals surface area contributed by atoms with Crippen LogP contribution in [0, 0.1) is 18.3 Å². The number of sulfonamides is 1. The van der Waals surface area contributed by atoms with Gasteiger partial charge in [-0.25, -0.2) is 8.42 Å². The number of amides is 1. The van der Waals surface area contributed by atoms with Gasteiger partial charge in [-0.2, -0.15) is 0 Å². The summed E-state index contributed by atoms with van der Waals surface area (Å²) in [4.78, 5) is 18.1. The number of benzene rings is 1. The van der Waals surface area contributed by atoms with Crippen LogP contribution in [0.3, 0.4) is 0 Å². The number of carbonyl (C=O) groups excluding carboxylic acids is 1. The van der Waals surface area contributed by atoms with Gasteiger partial charge in [0.05, 0.1) is 17.4 Å². The molecule has 2 rings (SSSR count). The van der Waals surface area contributed by atoms with E-state index in [1.54, 1.807) is 38.4 Å². The summed E-state index contributed by atoms with van der Waals surface area (Å²) in [6, 6.07) is 7.83. The fourth-order valence-electron chi connectivity index (χ4n) is 2.44. The number of aromatic nitrogens is 1. The molecular weight excluding hydrogens is 364 g/mol. The van der Waals surface area contributed by atoms with Gasteiger partial charge in [-0.3, -0.25) is 14.5 Å². The topological polar surface area (TPSA) is 103 Å². The van der Waals surface area contributed by atoms with Gasteiger partial charge in [0.2, 0.25) is 0 Å². The lowest BCUT2D eigenvalue weighted by molar-refractivity contribution is 0.0787. The molecule has 2 N–H and O–H groups in total. The second-order valence-corrected chi connectivity index (χ2v) is 8.10. The van der Waals surface area contributed by atoms with Gasteiger partial charge in [-0.15, -0.1) is 0 Å². The average Bonchev–Trinajstić information content (AvgIpc) is 2.66. The molecule has 0 aliphatic heterocycles. The van der Waals surface area contributed by atoms with E-state index in [9.17, 15) is 13.2 Å². The van der Waals surface area contributed by atoms with E-state index in [2.05, 4.69) is 9.71 Å². The van der Waals surface area contributed by atoms with Crippen LogP contribution in [0.1, 0.15) is 29.3 Å². The van der Waals surface area contributed by atoms with Crippen molar-refractivity contribution in [1.82, 2.24) is 9.88 Å². The summed E-state index contributed by atoms with van der Waals surface area (Å²) in [6.45, 7) is 4.09. The molecule has 1 unspecified atom stereocenters. The number of aryl methyl sites for hydroxylation is 1. The molecule has 1 heterocycles. The number of carbonyl (C=O) groups is 1. The minimum atomic E-state index is -3.95. The summed E-state index contributed by atoms with van der Waals surface area (Å²) in [5.74, 6) is -0.328. The number of hydrogen-bond acceptors (Lipinski definition) is 5. The van der Waals surface area contributed by atoms with E-state index < -0.39 is 10.0 Å². The first-order valence-electron chi connectivity index (χ1n) is 8.54. The van der Waals surface area contributed by atoms with Crippen LogP contribution in [0.4, 0.5) is 5.69 Å². The van der Waals surface area contributed by atoms with E-state index in [4.69, 9.17) is 5.41 Å². The van der Waals surface area contributed by atoms with Crippen LogP contribution in [-0.2, 0) is 10.0 Å². The Hall–Kier alpha value is -2.74. The van der Waals surface area contributed by atoms with Crippen molar-refractivity contribution in [2.24, 2.45) is 5.92 Å². The Kier molecular flexibility index (Phi) is 6.68. The van der Waals surface area contributed by atoms with Crippen LogP contribution in [0.25, 0.3) is 0 Å². The highest BCUT2D eigenvalue weighted by molar-refractivity contribution is 7.92. The van der Waals surface area contributed by atoms with Crippen LogP contribution in [-0.4, -0.2) is 44.0 Å². The molecule has 0 radical (unpaired) electrons. The fraction of sp³-hybridized carbons (Fsp3) is 0.316. The number of pyridine rings is 1. The molecule has 0 spiro atoms. The average molecular weight is 388 g/mol. The predicted molar refractivity (Wildman–Crippen MR) is 106 cm³/mol. The third-order valence-electron chi connectivity index (χ3n) is 4.24. The van der Waals surface area contributed by atoms with Crippen molar-refractivity contribution in [1.29, 1.82) is 5.41 Å². The lowest BCUT2D eigenvalue weighted by Gasteiger charge is -2.20. The summed E-state index contributed by atoms with van der Waals surface area (Å²) in [7, 11) is -2.33. The highest BCUT2D eigenvalue weighted by Crippen LogP contribution is 2.22. The Morgan fingerprint density at radius 1 is 1.33 bits per heavy atom. The molecule has 1 amide bonds. The van der Waals surface area contributed by atoms with Crippen molar-refractivity contribution in [2.75, 3.05) is 18.3 Å². The summed E-state index contributed by atoms with van der Waals surface area (Å²) < 4.78 is 28.3. The monoisotopic (exact) mass is 388 g/mol. The second-order valence-electron chi connectivity index (χ2n) is 6.45. The first kappa shape index (κ1) is 20.6. The molecule has 0 saturated carbocycles. The SMILES string of the molecule is Cc1ccncc1NS(=O)(=O)c1ccccc1C(=O)N(C)CCC(C)C=N. The second kappa shape index (κ2) is 8.77. The van der Waals surface area contributed by atoms with Crippen LogP contribution in [0.15, 0.2) is 47.6 Å². The van der Waals surface area contributed by atoms with Crippen molar-refractivity contribution in [2.45, 2.75) is 25.2 Å². The van der Waals surface area contributed by atoms with Crippen molar-refractivity contribution in [3.8, 4) is 0 Å². The Bertz CT molecular complexity index is 928. The molecular formula is C19H24N4O3S. The number of nitrogens with one attached hydrogen (secondary N) is 2. The molecule has 0 saturated heterocycles. The van der Waals surface area contributed by atoms with Crippen molar-refractivity contribution >= 4 is 27.8 Å². The van der Waals surface area contributed by atoms with Gasteiger partial charge >= 0.3 is 0 Å². The van der Waals surface area contributed by atoms with E-state index in [1.165, 1.54) is 29.4 Å². The van der Waals surface area contributed by atoms with Gasteiger partial charge in [0.25, 0.3) is 15.9 Å². The number of anilines is 1. The lowest BCUT2D eigenvalue weighted by Crippen LogP contribution is -2.30. The van der Waals surface area contributed by atoms with Crippen LogP contribution >= 0.6 is 0 Å². The summed E-state index contributed by atoms with van der Waals surface area (Å²) >= 11 is 0. The van der Waals surface area contributed by atoms with Crippen molar-refractivity contribution < 1.29 is 13.2 Å². The third-order valence-corrected chi connectivity index (χ3v) is 5.67. The van der Waals surface area contributed by atoms with E-state index >= 15 is 0 Å². The molecule has 8 heteroatoms. The maximum atomic E-state index is 12.9. The molecule has 1 atom stereocenters. The Balaban J connectivity index is 2.30. The molecule has 1 aromatic heterocycles. The van der Waals surface area contributed by atoms with E-state index in [1.807, 2.05) is 6.92 Å². The standard InChI is InChI=1S/C19H24N4O3S/c1-14(12-20)9-11-23(3)19(24)16-6-4-5-7-18(16)27(25,26)22-17-13-21-10-8-15(17)2/h4-8,10,12-14,20,22H,9,11H2,1-3H3. The minimum absolute atomic E-state index is 0.0504. The maximum absolute atomic E-state index is 12.9. The van der Waals surface area contributed by atoms with Crippen molar-refractivity contribution in [3.05, 3.63) is 53.9 Å². The Morgan fingerprint density at radius 3 is 2.70 bits per heavy atom. The van der Waals surface area contributed by atoms with Crippen molar-refractivity contribution in [3.63, 3.8) is 0 Å². The van der Waals surface area contributed by atoms with Gasteiger partial charge in [-0.05, 0) is 49.2 Å². The number of rotatable bonds is 8. The zero-order valence-electron chi connectivity index (χ0n) is 15.6. The van der Waals surface area contributed by atoms with E-state index in [0.29, 0.717) is 18.7 Å². The van der Waals surface area contributed by atoms with Gasteiger partial charge in [0.15, 0.2) is 0 Å². The number of nitrogens with zero attached hydrogens (tertiary/aromatic N) is 2. The summed E-state index contributed by atoms with van der Waals surface area (Å²) in [6.07, 6.45) is 4.97. The largest absolute Gasteiger partial charge is 0.342 e. The zero-order chi connectivity index (χ0) is 20.0. The van der Waals surface area contributed by atoms with Crippen LogP contribution < -0.4 is 4.72 Å². The molecule has 0 aliphatic carbocycles. The van der Waals surface area contributed by atoms with E-state index in [0.717, 1.165) is 5.56 Å². The summed E-state index contributed by atoms with van der Waals surface area (Å²) in [5, 5.41) is 7.24. The first-order valence-corrected chi connectivity index (χ1v) is 10.0. The van der Waals surface area contributed by atoms with Crippen LogP contribution in [0.2, 0.25) is 0 Å². The quantitative estimate of drug-likeness (QED) is 0.679. The smallest absolute Gasteiger partial charge is 0.262 e. The highest BCUT2D eigenvalue weighted by Gasteiger charge is 2.24. The molecule has 0 aliphatic rings.